The summed E-state index contributed by atoms with van der Waals surface area (Å²) in [6, 6.07) is 0.741. The molecule has 1 heterocycles. The summed E-state index contributed by atoms with van der Waals surface area (Å²) in [6.07, 6.45) is 5.04. The average molecular weight is 173 g/mol. The Labute approximate surface area is 74.5 Å². The minimum Gasteiger partial charge on any atom is -0.300 e. The Morgan fingerprint density at radius 3 is 2.73 bits per heavy atom. The first kappa shape index (κ1) is 9.40. The van der Waals surface area contributed by atoms with Gasteiger partial charge in [0.05, 0.1) is 0 Å². The zero-order chi connectivity index (χ0) is 8.27. The van der Waals surface area contributed by atoms with Gasteiger partial charge >= 0.3 is 0 Å². The van der Waals surface area contributed by atoms with E-state index in [0.29, 0.717) is 0 Å². The van der Waals surface area contributed by atoms with E-state index >= 15 is 0 Å². The third-order valence-corrected chi connectivity index (χ3v) is 3.52. The molecule has 1 rings (SSSR count). The molecule has 11 heavy (non-hydrogen) atoms. The summed E-state index contributed by atoms with van der Waals surface area (Å²) in [6.45, 7) is 7.21. The van der Waals surface area contributed by atoms with Crippen LogP contribution in [0.1, 0.15) is 26.7 Å². The van der Waals surface area contributed by atoms with E-state index in [-0.39, 0.29) is 0 Å². The van der Waals surface area contributed by atoms with E-state index in [1.54, 1.807) is 0 Å². The van der Waals surface area contributed by atoms with Crippen LogP contribution in [0.15, 0.2) is 0 Å². The number of piperidine rings is 1. The largest absolute Gasteiger partial charge is 0.300 e. The molecule has 1 saturated heterocycles. The molecule has 0 aromatic carbocycles. The highest BCUT2D eigenvalue weighted by atomic mass is 32.2. The van der Waals surface area contributed by atoms with Gasteiger partial charge in [-0.2, -0.15) is 11.8 Å². The summed E-state index contributed by atoms with van der Waals surface area (Å²) < 4.78 is 0. The lowest BCUT2D eigenvalue weighted by Crippen LogP contribution is -2.41. The molecule has 0 bridgehead atoms. The summed E-state index contributed by atoms with van der Waals surface area (Å²) in [4.78, 5) is 2.59. The van der Waals surface area contributed by atoms with Crippen LogP contribution in [-0.4, -0.2) is 35.5 Å². The van der Waals surface area contributed by atoms with Gasteiger partial charge in [-0.1, -0.05) is 0 Å². The summed E-state index contributed by atoms with van der Waals surface area (Å²) in [7, 11) is 0. The van der Waals surface area contributed by atoms with Gasteiger partial charge in [0.1, 0.15) is 0 Å². The highest BCUT2D eigenvalue weighted by Gasteiger charge is 2.20. The maximum atomic E-state index is 2.59. The molecule has 1 atom stereocenters. The average Bonchev–Trinajstić information content (AvgIpc) is 2.05. The Kier molecular flexibility index (Phi) is 3.73. The summed E-state index contributed by atoms with van der Waals surface area (Å²) in [5, 5.41) is 0.895. The fourth-order valence-corrected chi connectivity index (χ4v) is 2.37. The van der Waals surface area contributed by atoms with Crippen molar-refractivity contribution in [2.45, 2.75) is 38.0 Å². The topological polar surface area (TPSA) is 3.24 Å². The van der Waals surface area contributed by atoms with Crippen LogP contribution in [0.2, 0.25) is 0 Å². The fourth-order valence-electron chi connectivity index (χ4n) is 1.63. The molecule has 1 aliphatic rings. The second-order valence-electron chi connectivity index (χ2n) is 3.59. The molecule has 66 valence electrons. The Morgan fingerprint density at radius 1 is 1.45 bits per heavy atom. The van der Waals surface area contributed by atoms with Crippen molar-refractivity contribution in [2.24, 2.45) is 0 Å². The van der Waals surface area contributed by atoms with Gasteiger partial charge in [-0.05, 0) is 39.5 Å². The molecule has 0 amide bonds. The van der Waals surface area contributed by atoms with Crippen molar-refractivity contribution in [2.75, 3.05) is 19.3 Å². The summed E-state index contributed by atoms with van der Waals surface area (Å²) in [5.74, 6) is 0. The predicted octanol–water partition coefficient (Wildman–Crippen LogP) is 2.22. The van der Waals surface area contributed by atoms with Crippen LogP contribution in [0.3, 0.4) is 0 Å². The standard InChI is InChI=1S/C9H19NS/c1-8(2)10-6-4-5-9(7-10)11-3/h8-9H,4-7H2,1-3H3. The van der Waals surface area contributed by atoms with Gasteiger partial charge in [-0.15, -0.1) is 0 Å². The first-order valence-corrected chi connectivity index (χ1v) is 5.79. The Hall–Kier alpha value is 0.310. The molecular weight excluding hydrogens is 154 g/mol. The number of likely N-dealkylation sites (tertiary alicyclic amines) is 1. The number of nitrogens with zero attached hydrogens (tertiary/aromatic N) is 1. The maximum Gasteiger partial charge on any atom is 0.0172 e. The fraction of sp³-hybridized carbons (Fsp3) is 1.00. The van der Waals surface area contributed by atoms with E-state index in [9.17, 15) is 0 Å². The molecule has 2 heteroatoms. The quantitative estimate of drug-likeness (QED) is 0.630. The zero-order valence-electron chi connectivity index (χ0n) is 7.84. The van der Waals surface area contributed by atoms with Crippen LogP contribution in [0.5, 0.6) is 0 Å². The molecule has 0 saturated carbocycles. The Bertz CT molecular complexity index is 114. The number of rotatable bonds is 2. The van der Waals surface area contributed by atoms with Gasteiger partial charge in [0.25, 0.3) is 0 Å². The van der Waals surface area contributed by atoms with E-state index in [0.717, 1.165) is 11.3 Å². The van der Waals surface area contributed by atoms with Gasteiger partial charge in [0, 0.05) is 17.8 Å². The molecule has 0 radical (unpaired) electrons. The molecule has 0 aromatic rings. The molecular formula is C9H19NS. The highest BCUT2D eigenvalue weighted by Crippen LogP contribution is 2.21. The molecule has 0 spiro atoms. The van der Waals surface area contributed by atoms with Gasteiger partial charge in [0.15, 0.2) is 0 Å². The SMILES string of the molecule is CSC1CCCN(C(C)C)C1. The smallest absolute Gasteiger partial charge is 0.0172 e. The summed E-state index contributed by atoms with van der Waals surface area (Å²) >= 11 is 2.03. The van der Waals surface area contributed by atoms with E-state index in [4.69, 9.17) is 0 Å². The van der Waals surface area contributed by atoms with Crippen molar-refractivity contribution in [1.82, 2.24) is 4.90 Å². The molecule has 1 unspecified atom stereocenters. The molecule has 0 aliphatic carbocycles. The van der Waals surface area contributed by atoms with Crippen molar-refractivity contribution >= 4 is 11.8 Å². The van der Waals surface area contributed by atoms with Crippen LogP contribution in [-0.2, 0) is 0 Å². The van der Waals surface area contributed by atoms with Crippen LogP contribution in [0.25, 0.3) is 0 Å². The maximum absolute atomic E-state index is 2.59. The van der Waals surface area contributed by atoms with Crippen LogP contribution < -0.4 is 0 Å². The van der Waals surface area contributed by atoms with Crippen molar-refractivity contribution in [3.63, 3.8) is 0 Å². The first-order chi connectivity index (χ1) is 5.24. The molecule has 1 nitrogen and oxygen atoms in total. The molecule has 0 N–H and O–H groups in total. The Morgan fingerprint density at radius 2 is 2.18 bits per heavy atom. The molecule has 1 aliphatic heterocycles. The third-order valence-electron chi connectivity index (χ3n) is 2.47. The van der Waals surface area contributed by atoms with E-state index < -0.39 is 0 Å². The number of hydrogen-bond acceptors (Lipinski definition) is 2. The lowest BCUT2D eigenvalue weighted by Gasteiger charge is -2.34. The van der Waals surface area contributed by atoms with E-state index in [2.05, 4.69) is 25.0 Å². The number of hydrogen-bond donors (Lipinski definition) is 0. The Balaban J connectivity index is 2.33. The van der Waals surface area contributed by atoms with Gasteiger partial charge in [-0.3, -0.25) is 4.90 Å². The third kappa shape index (κ3) is 2.68. The lowest BCUT2D eigenvalue weighted by molar-refractivity contribution is 0.189. The monoisotopic (exact) mass is 173 g/mol. The van der Waals surface area contributed by atoms with Crippen molar-refractivity contribution in [3.8, 4) is 0 Å². The van der Waals surface area contributed by atoms with Crippen molar-refractivity contribution < 1.29 is 0 Å². The first-order valence-electron chi connectivity index (χ1n) is 4.51. The van der Waals surface area contributed by atoms with Crippen molar-refractivity contribution in [3.05, 3.63) is 0 Å². The lowest BCUT2D eigenvalue weighted by atomic mass is 10.1. The van der Waals surface area contributed by atoms with Crippen LogP contribution in [0, 0.1) is 0 Å². The minimum atomic E-state index is 0.741. The molecule has 1 fully saturated rings. The normalized spacial score (nSPS) is 27.8. The second-order valence-corrected chi connectivity index (χ2v) is 4.73. The van der Waals surface area contributed by atoms with Crippen molar-refractivity contribution in [1.29, 1.82) is 0 Å². The molecule has 0 aromatic heterocycles. The van der Waals surface area contributed by atoms with Crippen LogP contribution in [0.4, 0.5) is 0 Å². The van der Waals surface area contributed by atoms with Gasteiger partial charge in [-0.25, -0.2) is 0 Å². The minimum absolute atomic E-state index is 0.741. The van der Waals surface area contributed by atoms with E-state index in [1.807, 2.05) is 11.8 Å². The predicted molar refractivity (Wildman–Crippen MR) is 53.2 cm³/mol. The van der Waals surface area contributed by atoms with Crippen LogP contribution >= 0.6 is 11.8 Å². The van der Waals surface area contributed by atoms with E-state index in [1.165, 1.54) is 25.9 Å². The van der Waals surface area contributed by atoms with Gasteiger partial charge < -0.3 is 0 Å². The second kappa shape index (κ2) is 4.36. The van der Waals surface area contributed by atoms with Gasteiger partial charge in [0.2, 0.25) is 0 Å². The highest BCUT2D eigenvalue weighted by molar-refractivity contribution is 7.99. The number of thioether (sulfide) groups is 1. The summed E-state index contributed by atoms with van der Waals surface area (Å²) in [5.41, 5.74) is 0. The zero-order valence-corrected chi connectivity index (χ0v) is 8.66.